The minimum absolute atomic E-state index is 0.285. The van der Waals surface area contributed by atoms with Crippen LogP contribution in [0.2, 0.25) is 0 Å². The lowest BCUT2D eigenvalue weighted by molar-refractivity contribution is -0.142. The summed E-state index contributed by atoms with van der Waals surface area (Å²) in [6.07, 6.45) is 0. The summed E-state index contributed by atoms with van der Waals surface area (Å²) >= 11 is 0. The first-order valence-corrected chi connectivity index (χ1v) is 5.52. The lowest BCUT2D eigenvalue weighted by Gasteiger charge is -2.22. The molecule has 0 aliphatic carbocycles. The fourth-order valence-electron chi connectivity index (χ4n) is 1.86. The summed E-state index contributed by atoms with van der Waals surface area (Å²) in [4.78, 5) is 23.1. The van der Waals surface area contributed by atoms with Crippen molar-refractivity contribution in [3.63, 3.8) is 0 Å². The Kier molecular flexibility index (Phi) is 3.01. The maximum absolute atomic E-state index is 13.2. The number of hydrogen-bond acceptors (Lipinski definition) is 5. The van der Waals surface area contributed by atoms with Crippen molar-refractivity contribution in [2.24, 2.45) is 5.73 Å². The Morgan fingerprint density at radius 3 is 2.74 bits per heavy atom. The van der Waals surface area contributed by atoms with E-state index >= 15 is 0 Å². The second kappa shape index (κ2) is 4.38. The Labute approximate surface area is 108 Å². The van der Waals surface area contributed by atoms with Crippen LogP contribution in [0.25, 0.3) is 0 Å². The molecular formula is C13H12FNO4. The second-order valence-corrected chi connectivity index (χ2v) is 4.26. The first-order valence-electron chi connectivity index (χ1n) is 5.52. The molecule has 19 heavy (non-hydrogen) atoms. The number of Topliss-reactive ketones (excluding diaryl/α,β-unsaturated/α-hetero) is 1. The van der Waals surface area contributed by atoms with Crippen LogP contribution >= 0.6 is 0 Å². The largest absolute Gasteiger partial charge is 0.457 e. The first kappa shape index (κ1) is 13.1. The molecule has 6 heteroatoms. The number of ether oxygens (including phenoxy) is 2. The Hall–Kier alpha value is -2.37. The molecule has 0 radical (unpaired) electrons. The molecule has 1 aromatic carbocycles. The highest BCUT2D eigenvalue weighted by atomic mass is 19.1. The molecule has 0 amide bonds. The van der Waals surface area contributed by atoms with E-state index in [1.165, 1.54) is 31.2 Å². The van der Waals surface area contributed by atoms with Crippen LogP contribution in [0.5, 0.6) is 0 Å². The zero-order valence-corrected chi connectivity index (χ0v) is 10.4. The van der Waals surface area contributed by atoms with E-state index < -0.39 is 23.2 Å². The van der Waals surface area contributed by atoms with Crippen LogP contribution in [0.3, 0.4) is 0 Å². The van der Waals surface area contributed by atoms with E-state index in [4.69, 9.17) is 15.2 Å². The molecule has 1 unspecified atom stereocenters. The van der Waals surface area contributed by atoms with E-state index in [1.807, 2.05) is 0 Å². The molecule has 0 bridgehead atoms. The van der Waals surface area contributed by atoms with E-state index in [-0.39, 0.29) is 11.6 Å². The van der Waals surface area contributed by atoms with E-state index in [1.54, 1.807) is 0 Å². The highest BCUT2D eigenvalue weighted by molar-refractivity contribution is 6.04. The number of carbonyl (C=O) groups excluding carboxylic acids is 2. The van der Waals surface area contributed by atoms with Crippen molar-refractivity contribution in [1.29, 1.82) is 0 Å². The number of rotatable bonds is 2. The Bertz CT molecular complexity index is 596. The average Bonchev–Trinajstić information content (AvgIpc) is 2.54. The summed E-state index contributed by atoms with van der Waals surface area (Å²) in [6, 6.07) is 5.40. The van der Waals surface area contributed by atoms with Crippen LogP contribution in [-0.2, 0) is 24.7 Å². The van der Waals surface area contributed by atoms with Gasteiger partial charge in [0.2, 0.25) is 11.6 Å². The van der Waals surface area contributed by atoms with Crippen LogP contribution in [0.4, 0.5) is 4.39 Å². The van der Waals surface area contributed by atoms with Gasteiger partial charge in [-0.2, -0.15) is 0 Å². The zero-order chi connectivity index (χ0) is 14.2. The van der Waals surface area contributed by atoms with Gasteiger partial charge in [0.1, 0.15) is 5.82 Å². The lowest BCUT2D eigenvalue weighted by Crippen LogP contribution is -2.32. The molecule has 2 rings (SSSR count). The van der Waals surface area contributed by atoms with Gasteiger partial charge in [0, 0.05) is 12.5 Å². The van der Waals surface area contributed by atoms with Gasteiger partial charge in [-0.15, -0.1) is 0 Å². The van der Waals surface area contributed by atoms with Gasteiger partial charge in [0.25, 0.3) is 5.78 Å². The summed E-state index contributed by atoms with van der Waals surface area (Å²) in [5.41, 5.74) is 4.34. The predicted molar refractivity (Wildman–Crippen MR) is 62.8 cm³/mol. The van der Waals surface area contributed by atoms with E-state index in [9.17, 15) is 14.0 Å². The summed E-state index contributed by atoms with van der Waals surface area (Å²) in [6.45, 7) is 2.58. The maximum atomic E-state index is 13.2. The van der Waals surface area contributed by atoms with Crippen molar-refractivity contribution in [3.05, 3.63) is 47.3 Å². The predicted octanol–water partition coefficient (Wildman–Crippen LogP) is 1.33. The zero-order valence-electron chi connectivity index (χ0n) is 10.4. The van der Waals surface area contributed by atoms with Crippen LogP contribution in [-0.4, -0.2) is 11.8 Å². The average molecular weight is 265 g/mol. The van der Waals surface area contributed by atoms with E-state index in [0.29, 0.717) is 5.56 Å². The van der Waals surface area contributed by atoms with Crippen molar-refractivity contribution < 1.29 is 23.5 Å². The minimum Gasteiger partial charge on any atom is -0.457 e. The molecular weight excluding hydrogens is 253 g/mol. The molecule has 0 spiro atoms. The van der Waals surface area contributed by atoms with Crippen molar-refractivity contribution in [1.82, 2.24) is 0 Å². The summed E-state index contributed by atoms with van der Waals surface area (Å²) in [5, 5.41) is 0. The monoisotopic (exact) mass is 265 g/mol. The standard InChI is InChI=1S/C13H12FNO4/c1-7(16)18-10-11(17)13(2,19-12(10)15)8-4-3-5-9(14)6-8/h3-6H,15H2,1-2H3. The van der Waals surface area contributed by atoms with Crippen LogP contribution in [0.15, 0.2) is 35.9 Å². The SMILES string of the molecule is CC(=O)OC1=C(N)OC(C)(c2cccc(F)c2)C1=O. The van der Waals surface area contributed by atoms with Crippen molar-refractivity contribution in [2.45, 2.75) is 19.4 Å². The molecule has 0 saturated heterocycles. The van der Waals surface area contributed by atoms with Crippen molar-refractivity contribution in [3.8, 4) is 0 Å². The van der Waals surface area contributed by atoms with Gasteiger partial charge in [-0.3, -0.25) is 9.59 Å². The molecule has 1 aromatic rings. The van der Waals surface area contributed by atoms with Crippen LogP contribution < -0.4 is 5.73 Å². The number of nitrogens with two attached hydrogens (primary N) is 1. The fraction of sp³-hybridized carbons (Fsp3) is 0.231. The maximum Gasteiger partial charge on any atom is 0.308 e. The normalized spacial score (nSPS) is 22.4. The molecule has 1 heterocycles. The van der Waals surface area contributed by atoms with Crippen molar-refractivity contribution in [2.75, 3.05) is 0 Å². The quantitative estimate of drug-likeness (QED) is 0.816. The molecule has 2 N–H and O–H groups in total. The molecule has 0 fully saturated rings. The number of hydrogen-bond donors (Lipinski definition) is 1. The summed E-state index contributed by atoms with van der Waals surface area (Å²) in [7, 11) is 0. The lowest BCUT2D eigenvalue weighted by atomic mass is 9.91. The minimum atomic E-state index is -1.49. The molecule has 0 saturated carbocycles. The molecule has 1 aliphatic heterocycles. The van der Waals surface area contributed by atoms with Crippen molar-refractivity contribution >= 4 is 11.8 Å². The van der Waals surface area contributed by atoms with Gasteiger partial charge >= 0.3 is 5.97 Å². The number of halogens is 1. The number of carbonyl (C=O) groups is 2. The number of ketones is 1. The van der Waals surface area contributed by atoms with Crippen LogP contribution in [0, 0.1) is 5.82 Å². The summed E-state index contributed by atoms with van der Waals surface area (Å²) < 4.78 is 23.2. The molecule has 5 nitrogen and oxygen atoms in total. The molecule has 0 aromatic heterocycles. The molecule has 100 valence electrons. The van der Waals surface area contributed by atoms with Crippen LogP contribution in [0.1, 0.15) is 19.4 Å². The van der Waals surface area contributed by atoms with E-state index in [2.05, 4.69) is 0 Å². The third kappa shape index (κ3) is 2.16. The van der Waals surface area contributed by atoms with Gasteiger partial charge in [-0.05, 0) is 19.1 Å². The van der Waals surface area contributed by atoms with Gasteiger partial charge < -0.3 is 15.2 Å². The summed E-state index contributed by atoms with van der Waals surface area (Å²) in [5.74, 6) is -2.44. The molecule has 1 aliphatic rings. The van der Waals surface area contributed by atoms with Gasteiger partial charge in [-0.25, -0.2) is 4.39 Å². The highest BCUT2D eigenvalue weighted by Gasteiger charge is 2.48. The third-order valence-electron chi connectivity index (χ3n) is 2.80. The van der Waals surface area contributed by atoms with Gasteiger partial charge in [-0.1, -0.05) is 12.1 Å². The molecule has 1 atom stereocenters. The highest BCUT2D eigenvalue weighted by Crippen LogP contribution is 2.37. The second-order valence-electron chi connectivity index (χ2n) is 4.26. The fourth-order valence-corrected chi connectivity index (χ4v) is 1.86. The third-order valence-corrected chi connectivity index (χ3v) is 2.80. The Morgan fingerprint density at radius 2 is 2.16 bits per heavy atom. The Morgan fingerprint density at radius 1 is 1.47 bits per heavy atom. The smallest absolute Gasteiger partial charge is 0.308 e. The van der Waals surface area contributed by atoms with E-state index in [0.717, 1.165) is 6.92 Å². The number of benzene rings is 1. The Balaban J connectivity index is 2.39. The first-order chi connectivity index (χ1) is 8.84. The topological polar surface area (TPSA) is 78.6 Å². The van der Waals surface area contributed by atoms with Gasteiger partial charge in [0.15, 0.2) is 5.60 Å². The number of esters is 1. The van der Waals surface area contributed by atoms with Gasteiger partial charge in [0.05, 0.1) is 0 Å².